The van der Waals surface area contributed by atoms with Crippen molar-refractivity contribution in [1.82, 2.24) is 5.32 Å². The van der Waals surface area contributed by atoms with Crippen molar-refractivity contribution >= 4 is 0 Å². The van der Waals surface area contributed by atoms with Crippen LogP contribution in [0.1, 0.15) is 59.8 Å². The zero-order chi connectivity index (χ0) is 12.0. The van der Waals surface area contributed by atoms with Crippen LogP contribution >= 0.6 is 0 Å². The van der Waals surface area contributed by atoms with Gasteiger partial charge in [0.05, 0.1) is 11.7 Å². The van der Waals surface area contributed by atoms with Crippen LogP contribution in [0.15, 0.2) is 0 Å². The maximum atomic E-state index is 6.28. The second kappa shape index (κ2) is 6.61. The third kappa shape index (κ3) is 4.84. The summed E-state index contributed by atoms with van der Waals surface area (Å²) in [6, 6.07) is 0. The van der Waals surface area contributed by atoms with Gasteiger partial charge in [-0.25, -0.2) is 0 Å². The predicted octanol–water partition coefficient (Wildman–Crippen LogP) is 3.36. The smallest absolute Gasteiger partial charge is 0.0754 e. The molecule has 0 amide bonds. The molecule has 1 fully saturated rings. The van der Waals surface area contributed by atoms with E-state index in [1.807, 2.05) is 0 Å². The standard InChI is InChI=1S/C14H29NO/c1-5-10-15-11-14(3,4)16-13-9-7-6-8-12(13)2/h12-13,15H,5-11H2,1-4H3. The van der Waals surface area contributed by atoms with Crippen molar-refractivity contribution in [3.8, 4) is 0 Å². The molecule has 0 spiro atoms. The van der Waals surface area contributed by atoms with Crippen LogP contribution in [0.4, 0.5) is 0 Å². The molecular formula is C14H29NO. The molecule has 1 aliphatic rings. The van der Waals surface area contributed by atoms with Gasteiger partial charge in [-0.05, 0) is 45.6 Å². The third-order valence-corrected chi connectivity index (χ3v) is 3.48. The van der Waals surface area contributed by atoms with Gasteiger partial charge in [-0.1, -0.05) is 26.7 Å². The molecule has 2 unspecified atom stereocenters. The molecule has 16 heavy (non-hydrogen) atoms. The van der Waals surface area contributed by atoms with Crippen LogP contribution in [0.2, 0.25) is 0 Å². The van der Waals surface area contributed by atoms with E-state index < -0.39 is 0 Å². The first-order valence-corrected chi connectivity index (χ1v) is 6.93. The molecule has 96 valence electrons. The first-order chi connectivity index (χ1) is 7.55. The molecule has 2 nitrogen and oxygen atoms in total. The quantitative estimate of drug-likeness (QED) is 0.703. The Balaban J connectivity index is 2.31. The van der Waals surface area contributed by atoms with Crippen LogP contribution in [0.5, 0.6) is 0 Å². The molecule has 1 saturated carbocycles. The highest BCUT2D eigenvalue weighted by atomic mass is 16.5. The van der Waals surface area contributed by atoms with Gasteiger partial charge in [0, 0.05) is 6.54 Å². The minimum atomic E-state index is -0.0224. The molecule has 0 heterocycles. The lowest BCUT2D eigenvalue weighted by molar-refractivity contribution is -0.103. The van der Waals surface area contributed by atoms with Crippen LogP contribution in [0.25, 0.3) is 0 Å². The molecule has 0 radical (unpaired) electrons. The largest absolute Gasteiger partial charge is 0.371 e. The number of ether oxygens (including phenoxy) is 1. The van der Waals surface area contributed by atoms with E-state index in [1.54, 1.807) is 0 Å². The summed E-state index contributed by atoms with van der Waals surface area (Å²) in [6.45, 7) is 11.0. The minimum Gasteiger partial charge on any atom is -0.371 e. The topological polar surface area (TPSA) is 21.3 Å². The van der Waals surface area contributed by atoms with Crippen molar-refractivity contribution in [2.45, 2.75) is 71.5 Å². The molecule has 1 rings (SSSR count). The summed E-state index contributed by atoms with van der Waals surface area (Å²) in [7, 11) is 0. The maximum Gasteiger partial charge on any atom is 0.0754 e. The molecule has 0 aromatic heterocycles. The Morgan fingerprint density at radius 2 is 1.94 bits per heavy atom. The van der Waals surface area contributed by atoms with E-state index in [0.717, 1.165) is 19.0 Å². The number of nitrogens with one attached hydrogen (secondary N) is 1. The Kier molecular flexibility index (Phi) is 5.77. The highest BCUT2D eigenvalue weighted by Gasteiger charge is 2.28. The highest BCUT2D eigenvalue weighted by Crippen LogP contribution is 2.29. The second-order valence-electron chi connectivity index (χ2n) is 5.85. The maximum absolute atomic E-state index is 6.28. The van der Waals surface area contributed by atoms with Gasteiger partial charge in [-0.15, -0.1) is 0 Å². The van der Waals surface area contributed by atoms with Crippen molar-refractivity contribution in [3.05, 3.63) is 0 Å². The summed E-state index contributed by atoms with van der Waals surface area (Å²) >= 11 is 0. The second-order valence-corrected chi connectivity index (χ2v) is 5.85. The van der Waals surface area contributed by atoms with E-state index in [4.69, 9.17) is 4.74 Å². The summed E-state index contributed by atoms with van der Waals surface area (Å²) in [5.74, 6) is 0.735. The van der Waals surface area contributed by atoms with Crippen LogP contribution in [-0.4, -0.2) is 24.8 Å². The molecule has 2 atom stereocenters. The summed E-state index contributed by atoms with van der Waals surface area (Å²) in [4.78, 5) is 0. The Morgan fingerprint density at radius 3 is 2.56 bits per heavy atom. The predicted molar refractivity (Wildman–Crippen MR) is 69.7 cm³/mol. The number of rotatable bonds is 6. The zero-order valence-corrected chi connectivity index (χ0v) is 11.5. The molecule has 0 bridgehead atoms. The number of hydrogen-bond donors (Lipinski definition) is 1. The monoisotopic (exact) mass is 227 g/mol. The SMILES string of the molecule is CCCNCC(C)(C)OC1CCCCC1C. The van der Waals surface area contributed by atoms with Crippen molar-refractivity contribution < 1.29 is 4.74 Å². The van der Waals surface area contributed by atoms with Crippen LogP contribution in [0.3, 0.4) is 0 Å². The van der Waals surface area contributed by atoms with E-state index in [-0.39, 0.29) is 5.60 Å². The lowest BCUT2D eigenvalue weighted by atomic mass is 9.87. The lowest BCUT2D eigenvalue weighted by Gasteiger charge is -2.36. The van der Waals surface area contributed by atoms with Gasteiger partial charge in [-0.2, -0.15) is 0 Å². The van der Waals surface area contributed by atoms with Gasteiger partial charge in [0.15, 0.2) is 0 Å². The van der Waals surface area contributed by atoms with Gasteiger partial charge in [0.1, 0.15) is 0 Å². The van der Waals surface area contributed by atoms with Gasteiger partial charge in [0.25, 0.3) is 0 Å². The first-order valence-electron chi connectivity index (χ1n) is 6.93. The normalized spacial score (nSPS) is 27.0. The molecule has 1 aliphatic carbocycles. The Hall–Kier alpha value is -0.0800. The molecular weight excluding hydrogens is 198 g/mol. The fourth-order valence-electron chi connectivity index (χ4n) is 2.47. The summed E-state index contributed by atoms with van der Waals surface area (Å²) < 4.78 is 6.28. The van der Waals surface area contributed by atoms with Crippen LogP contribution < -0.4 is 5.32 Å². The van der Waals surface area contributed by atoms with Crippen molar-refractivity contribution in [2.75, 3.05) is 13.1 Å². The minimum absolute atomic E-state index is 0.0224. The molecule has 0 aliphatic heterocycles. The van der Waals surface area contributed by atoms with E-state index in [9.17, 15) is 0 Å². The van der Waals surface area contributed by atoms with Crippen LogP contribution in [-0.2, 0) is 4.74 Å². The Morgan fingerprint density at radius 1 is 1.25 bits per heavy atom. The molecule has 0 saturated heterocycles. The fraction of sp³-hybridized carbons (Fsp3) is 1.00. The van der Waals surface area contributed by atoms with Gasteiger partial charge < -0.3 is 10.1 Å². The van der Waals surface area contributed by atoms with E-state index >= 15 is 0 Å². The average Bonchev–Trinajstić information content (AvgIpc) is 2.21. The van der Waals surface area contributed by atoms with Crippen molar-refractivity contribution in [2.24, 2.45) is 5.92 Å². The van der Waals surface area contributed by atoms with Crippen molar-refractivity contribution in [1.29, 1.82) is 0 Å². The molecule has 2 heteroatoms. The lowest BCUT2D eigenvalue weighted by Crippen LogP contribution is -2.43. The number of hydrogen-bond acceptors (Lipinski definition) is 2. The summed E-state index contributed by atoms with van der Waals surface area (Å²) in [5.41, 5.74) is -0.0224. The van der Waals surface area contributed by atoms with Gasteiger partial charge in [-0.3, -0.25) is 0 Å². The van der Waals surface area contributed by atoms with E-state index in [2.05, 4.69) is 33.0 Å². The first kappa shape index (κ1) is 14.0. The Bertz CT molecular complexity index is 191. The Labute approximate surface area is 101 Å². The van der Waals surface area contributed by atoms with Gasteiger partial charge in [0.2, 0.25) is 0 Å². The molecule has 0 aromatic carbocycles. The fourth-order valence-corrected chi connectivity index (χ4v) is 2.47. The van der Waals surface area contributed by atoms with E-state index in [0.29, 0.717) is 6.10 Å². The van der Waals surface area contributed by atoms with E-state index in [1.165, 1.54) is 32.1 Å². The van der Waals surface area contributed by atoms with Crippen molar-refractivity contribution in [3.63, 3.8) is 0 Å². The van der Waals surface area contributed by atoms with Gasteiger partial charge >= 0.3 is 0 Å². The zero-order valence-electron chi connectivity index (χ0n) is 11.5. The summed E-state index contributed by atoms with van der Waals surface area (Å²) in [5, 5.41) is 3.45. The average molecular weight is 227 g/mol. The molecule has 1 N–H and O–H groups in total. The van der Waals surface area contributed by atoms with Crippen LogP contribution in [0, 0.1) is 5.92 Å². The third-order valence-electron chi connectivity index (χ3n) is 3.48. The molecule has 0 aromatic rings. The summed E-state index contributed by atoms with van der Waals surface area (Å²) in [6.07, 6.45) is 6.98. The highest BCUT2D eigenvalue weighted by molar-refractivity contribution is 4.79.